The normalized spacial score (nSPS) is 14.8. The minimum Gasteiger partial charge on any atom is -0.459 e. The standard InChI is InChI=1S/C20H19ClN4O3/c21-14-5-3-13(4-6-14)18-16(12-22-24-18)20(27)25-9-7-15(8-10-25)23-19(26)17-2-1-11-28-17/h1-6,11-12,15H,7-10H2,(H,22,24)(H,23,26). The number of nitrogens with one attached hydrogen (secondary N) is 2. The van der Waals surface area contributed by atoms with Crippen molar-refractivity contribution in [3.63, 3.8) is 0 Å². The molecule has 3 heterocycles. The molecule has 1 aliphatic heterocycles. The van der Waals surface area contributed by atoms with Crippen molar-refractivity contribution in [2.24, 2.45) is 0 Å². The number of piperidine rings is 1. The number of aromatic nitrogens is 2. The molecular formula is C20H19ClN4O3. The summed E-state index contributed by atoms with van der Waals surface area (Å²) in [6.07, 6.45) is 4.40. The number of carbonyl (C=O) groups is 2. The molecule has 4 rings (SSSR count). The summed E-state index contributed by atoms with van der Waals surface area (Å²) in [5.74, 6) is -0.00587. The molecule has 3 aromatic rings. The molecule has 144 valence electrons. The van der Waals surface area contributed by atoms with Crippen LogP contribution in [0, 0.1) is 0 Å². The van der Waals surface area contributed by atoms with Gasteiger partial charge in [0.25, 0.3) is 11.8 Å². The summed E-state index contributed by atoms with van der Waals surface area (Å²) in [4.78, 5) is 26.9. The van der Waals surface area contributed by atoms with E-state index in [1.807, 2.05) is 12.1 Å². The van der Waals surface area contributed by atoms with Crippen molar-refractivity contribution < 1.29 is 14.0 Å². The van der Waals surface area contributed by atoms with E-state index in [0.717, 1.165) is 5.56 Å². The van der Waals surface area contributed by atoms with Crippen LogP contribution in [0.3, 0.4) is 0 Å². The second-order valence-corrected chi connectivity index (χ2v) is 7.12. The van der Waals surface area contributed by atoms with Crippen molar-refractivity contribution in [2.75, 3.05) is 13.1 Å². The lowest BCUT2D eigenvalue weighted by molar-refractivity contribution is 0.0696. The monoisotopic (exact) mass is 398 g/mol. The van der Waals surface area contributed by atoms with Crippen LogP contribution in [0.1, 0.15) is 33.8 Å². The van der Waals surface area contributed by atoms with Gasteiger partial charge in [-0.15, -0.1) is 0 Å². The zero-order chi connectivity index (χ0) is 19.5. The van der Waals surface area contributed by atoms with Crippen molar-refractivity contribution >= 4 is 23.4 Å². The summed E-state index contributed by atoms with van der Waals surface area (Å²) in [5.41, 5.74) is 2.06. The van der Waals surface area contributed by atoms with Gasteiger partial charge < -0.3 is 14.6 Å². The number of halogens is 1. The fourth-order valence-corrected chi connectivity index (χ4v) is 3.47. The third-order valence-corrected chi connectivity index (χ3v) is 5.12. The first kappa shape index (κ1) is 18.3. The van der Waals surface area contributed by atoms with Crippen LogP contribution in [0.2, 0.25) is 5.02 Å². The quantitative estimate of drug-likeness (QED) is 0.705. The maximum atomic E-state index is 13.0. The summed E-state index contributed by atoms with van der Waals surface area (Å²) < 4.78 is 5.11. The smallest absolute Gasteiger partial charge is 0.287 e. The molecule has 1 aromatic carbocycles. The van der Waals surface area contributed by atoms with Crippen LogP contribution in [-0.4, -0.2) is 46.0 Å². The van der Waals surface area contributed by atoms with Gasteiger partial charge in [-0.1, -0.05) is 23.7 Å². The average molecular weight is 399 g/mol. The molecule has 1 fully saturated rings. The highest BCUT2D eigenvalue weighted by Crippen LogP contribution is 2.25. The van der Waals surface area contributed by atoms with Gasteiger partial charge in [0.05, 0.1) is 23.7 Å². The van der Waals surface area contributed by atoms with Crippen LogP contribution >= 0.6 is 11.6 Å². The number of amides is 2. The van der Waals surface area contributed by atoms with Crippen LogP contribution in [0.15, 0.2) is 53.3 Å². The number of furan rings is 1. The SMILES string of the molecule is O=C(NC1CCN(C(=O)c2cn[nH]c2-c2ccc(Cl)cc2)CC1)c1ccco1. The Hall–Kier alpha value is -3.06. The lowest BCUT2D eigenvalue weighted by atomic mass is 10.0. The van der Waals surface area contributed by atoms with E-state index in [1.165, 1.54) is 6.26 Å². The van der Waals surface area contributed by atoms with Gasteiger partial charge in [-0.25, -0.2) is 0 Å². The molecule has 7 nitrogen and oxygen atoms in total. The van der Waals surface area contributed by atoms with E-state index in [2.05, 4.69) is 15.5 Å². The molecule has 1 saturated heterocycles. The number of hydrogen-bond acceptors (Lipinski definition) is 4. The molecule has 1 aliphatic rings. The number of carbonyl (C=O) groups excluding carboxylic acids is 2. The predicted molar refractivity (Wildman–Crippen MR) is 104 cm³/mol. The number of nitrogens with zero attached hydrogens (tertiary/aromatic N) is 2. The van der Waals surface area contributed by atoms with Crippen LogP contribution in [0.5, 0.6) is 0 Å². The highest BCUT2D eigenvalue weighted by Gasteiger charge is 2.27. The number of aromatic amines is 1. The first-order chi connectivity index (χ1) is 13.6. The topological polar surface area (TPSA) is 91.2 Å². The predicted octanol–water partition coefficient (Wildman–Crippen LogP) is 3.36. The molecule has 0 aliphatic carbocycles. The fraction of sp³-hybridized carbons (Fsp3) is 0.250. The van der Waals surface area contributed by atoms with Crippen molar-refractivity contribution in [1.82, 2.24) is 20.4 Å². The molecule has 0 unspecified atom stereocenters. The first-order valence-corrected chi connectivity index (χ1v) is 9.42. The van der Waals surface area contributed by atoms with Crippen molar-refractivity contribution in [2.45, 2.75) is 18.9 Å². The Morgan fingerprint density at radius 1 is 1.18 bits per heavy atom. The Morgan fingerprint density at radius 2 is 1.93 bits per heavy atom. The zero-order valence-corrected chi connectivity index (χ0v) is 15.8. The van der Waals surface area contributed by atoms with Crippen LogP contribution in [0.25, 0.3) is 11.3 Å². The van der Waals surface area contributed by atoms with Crippen LogP contribution < -0.4 is 5.32 Å². The molecule has 0 bridgehead atoms. The van der Waals surface area contributed by atoms with E-state index < -0.39 is 0 Å². The molecule has 0 spiro atoms. The summed E-state index contributed by atoms with van der Waals surface area (Å²) in [6.45, 7) is 1.13. The fourth-order valence-electron chi connectivity index (χ4n) is 3.35. The van der Waals surface area contributed by atoms with E-state index in [9.17, 15) is 9.59 Å². The van der Waals surface area contributed by atoms with Crippen molar-refractivity contribution in [3.8, 4) is 11.3 Å². The summed E-state index contributed by atoms with van der Waals surface area (Å²) in [7, 11) is 0. The lowest BCUT2D eigenvalue weighted by Gasteiger charge is -2.32. The Kier molecular flexibility index (Phi) is 5.16. The molecule has 0 radical (unpaired) electrons. The van der Waals surface area contributed by atoms with Gasteiger partial charge in [-0.3, -0.25) is 14.7 Å². The minimum atomic E-state index is -0.227. The number of benzene rings is 1. The number of H-pyrrole nitrogens is 1. The first-order valence-electron chi connectivity index (χ1n) is 9.05. The zero-order valence-electron chi connectivity index (χ0n) is 15.0. The van der Waals surface area contributed by atoms with Gasteiger partial charge in [0.1, 0.15) is 0 Å². The third-order valence-electron chi connectivity index (χ3n) is 4.87. The van der Waals surface area contributed by atoms with Gasteiger partial charge in [0, 0.05) is 29.7 Å². The molecule has 0 saturated carbocycles. The van der Waals surface area contributed by atoms with E-state index >= 15 is 0 Å². The van der Waals surface area contributed by atoms with Crippen molar-refractivity contribution in [3.05, 3.63) is 65.2 Å². The molecule has 2 amide bonds. The van der Waals surface area contributed by atoms with Crippen molar-refractivity contribution in [1.29, 1.82) is 0 Å². The summed E-state index contributed by atoms with van der Waals surface area (Å²) >= 11 is 5.94. The van der Waals surface area contributed by atoms with Crippen LogP contribution in [0.4, 0.5) is 0 Å². The second-order valence-electron chi connectivity index (χ2n) is 6.68. The molecular weight excluding hydrogens is 380 g/mol. The molecule has 2 N–H and O–H groups in total. The van der Waals surface area contributed by atoms with Gasteiger partial charge >= 0.3 is 0 Å². The lowest BCUT2D eigenvalue weighted by Crippen LogP contribution is -2.46. The highest BCUT2D eigenvalue weighted by molar-refractivity contribution is 6.30. The Labute approximate surface area is 166 Å². The van der Waals surface area contributed by atoms with Gasteiger partial charge in [0.15, 0.2) is 5.76 Å². The molecule has 28 heavy (non-hydrogen) atoms. The Balaban J connectivity index is 1.39. The number of hydrogen-bond donors (Lipinski definition) is 2. The second kappa shape index (κ2) is 7.90. The Morgan fingerprint density at radius 3 is 2.61 bits per heavy atom. The number of likely N-dealkylation sites (tertiary alicyclic amines) is 1. The summed E-state index contributed by atoms with van der Waals surface area (Å²) in [5, 5.41) is 10.5. The van der Waals surface area contributed by atoms with Gasteiger partial charge in [-0.2, -0.15) is 5.10 Å². The molecule has 0 atom stereocenters. The minimum absolute atomic E-state index is 0.0155. The third kappa shape index (κ3) is 3.80. The molecule has 2 aromatic heterocycles. The van der Waals surface area contributed by atoms with E-state index in [0.29, 0.717) is 48.0 Å². The van der Waals surface area contributed by atoms with E-state index in [4.69, 9.17) is 16.0 Å². The maximum absolute atomic E-state index is 13.0. The van der Waals surface area contributed by atoms with Crippen LogP contribution in [-0.2, 0) is 0 Å². The average Bonchev–Trinajstić information content (AvgIpc) is 3.41. The van der Waals surface area contributed by atoms with E-state index in [1.54, 1.807) is 35.4 Å². The highest BCUT2D eigenvalue weighted by atomic mass is 35.5. The maximum Gasteiger partial charge on any atom is 0.287 e. The molecule has 8 heteroatoms. The van der Waals surface area contributed by atoms with Gasteiger partial charge in [-0.05, 0) is 37.1 Å². The summed E-state index contributed by atoms with van der Waals surface area (Å²) in [6, 6.07) is 10.6. The number of rotatable bonds is 4. The van der Waals surface area contributed by atoms with E-state index in [-0.39, 0.29) is 17.9 Å². The largest absolute Gasteiger partial charge is 0.459 e. The van der Waals surface area contributed by atoms with Gasteiger partial charge in [0.2, 0.25) is 0 Å². The Bertz CT molecular complexity index is 958.